The van der Waals surface area contributed by atoms with Crippen LogP contribution in [0.2, 0.25) is 27.3 Å². The topological polar surface area (TPSA) is 0 Å². The van der Waals surface area contributed by atoms with Gasteiger partial charge in [-0.05, 0) is 148 Å². The summed E-state index contributed by atoms with van der Waals surface area (Å²) in [6, 6.07) is 72.0. The van der Waals surface area contributed by atoms with E-state index < -0.39 is 0 Å². The van der Waals surface area contributed by atoms with Gasteiger partial charge in [-0.15, -0.1) is 129 Å². The molecule has 92 heavy (non-hydrogen) atoms. The minimum atomic E-state index is 0. The third-order valence-corrected chi connectivity index (χ3v) is 21.4. The van der Waals surface area contributed by atoms with E-state index in [2.05, 4.69) is 186 Å². The average molecular weight is 1350 g/mol. The van der Waals surface area contributed by atoms with Crippen LogP contribution in [0.1, 0.15) is 186 Å². The molecule has 8 heteroatoms. The van der Waals surface area contributed by atoms with Crippen molar-refractivity contribution in [1.29, 1.82) is 0 Å². The van der Waals surface area contributed by atoms with Crippen molar-refractivity contribution >= 4 is 45.5 Å². The maximum Gasteiger partial charge on any atom is 0.0606 e. The molecule has 0 spiro atoms. The number of rotatable bonds is 4. The van der Waals surface area contributed by atoms with Crippen molar-refractivity contribution in [3.63, 3.8) is 0 Å². The third-order valence-electron chi connectivity index (χ3n) is 21.4. The van der Waals surface area contributed by atoms with Crippen LogP contribution in [0.4, 0.5) is 0 Å². The summed E-state index contributed by atoms with van der Waals surface area (Å²) in [6.07, 6.45) is 18.2. The summed E-state index contributed by atoms with van der Waals surface area (Å²) in [5.74, 6) is 6.62. The zero-order valence-electron chi connectivity index (χ0n) is 58.0. The molecule has 0 saturated heterocycles. The molecule has 8 aromatic carbocycles. The molecular formula is C84H96B6Y2-4. The smallest absolute Gasteiger partial charge is 0.0606 e. The molecule has 0 nitrogen and oxygen atoms in total. The Balaban J connectivity index is 0.000000206. The summed E-state index contributed by atoms with van der Waals surface area (Å²) in [7, 11) is 21.4. The molecule has 0 atom stereocenters. The van der Waals surface area contributed by atoms with Crippen molar-refractivity contribution in [2.75, 3.05) is 0 Å². The monoisotopic (exact) mass is 1350 g/mol. The molecule has 8 fully saturated rings. The second kappa shape index (κ2) is 35.0. The Bertz CT molecular complexity index is 3500. The fraction of sp³-hybridized carbons (Fsp3) is 0.429. The van der Waals surface area contributed by atoms with Gasteiger partial charge in [-0.25, -0.2) is 0 Å². The molecule has 0 heterocycles. The maximum absolute atomic E-state index is 4.72. The second-order valence-electron chi connectivity index (χ2n) is 25.4. The quantitative estimate of drug-likeness (QED) is 0.122. The van der Waals surface area contributed by atoms with Gasteiger partial charge in [-0.2, -0.15) is 23.8 Å². The molecule has 0 aliphatic heterocycles. The van der Waals surface area contributed by atoms with Crippen LogP contribution in [-0.4, -0.2) is 45.5 Å². The van der Waals surface area contributed by atoms with E-state index in [9.17, 15) is 0 Å². The largest absolute Gasteiger partial charge is 0.175 e. The number of hydrogen-bond acceptors (Lipinski definition) is 0. The summed E-state index contributed by atoms with van der Waals surface area (Å²) in [4.78, 5) is 0. The predicted octanol–water partition coefficient (Wildman–Crippen LogP) is 20.5. The minimum Gasteiger partial charge on any atom is -0.175 e. The van der Waals surface area contributed by atoms with Crippen LogP contribution in [-0.2, 0) is 102 Å². The zero-order valence-corrected chi connectivity index (χ0v) is 63.7. The number of hydrogen-bond donors (Lipinski definition) is 0. The average Bonchev–Trinajstić information content (AvgIpc) is 0.747. The van der Waals surface area contributed by atoms with Crippen LogP contribution < -0.4 is 0 Å². The first-order valence-corrected chi connectivity index (χ1v) is 35.1. The maximum atomic E-state index is 4.72. The van der Waals surface area contributed by atoms with Gasteiger partial charge in [0.1, 0.15) is 0 Å². The molecule has 0 aromatic heterocycles. The molecule has 0 N–H and O–H groups in total. The molecule has 12 aliphatic rings. The van der Waals surface area contributed by atoms with Crippen LogP contribution >= 0.6 is 0 Å². The van der Waals surface area contributed by atoms with Crippen LogP contribution in [0.25, 0.3) is 44.5 Å². The second-order valence-corrected chi connectivity index (χ2v) is 25.4. The Morgan fingerprint density at radius 2 is 0.554 bits per heavy atom. The first-order chi connectivity index (χ1) is 44.4. The molecular weight excluding hydrogens is 1250 g/mol. The van der Waals surface area contributed by atoms with Crippen molar-refractivity contribution in [1.82, 2.24) is 0 Å². The molecule has 8 aromatic rings. The van der Waals surface area contributed by atoms with Gasteiger partial charge >= 0.3 is 0 Å². The molecule has 12 radical (unpaired) electrons. The van der Waals surface area contributed by atoms with Gasteiger partial charge in [0.05, 0.1) is 30.0 Å². The molecule has 0 amide bonds. The van der Waals surface area contributed by atoms with Gasteiger partial charge in [0.25, 0.3) is 0 Å². The van der Waals surface area contributed by atoms with E-state index in [1.54, 1.807) is 13.6 Å². The van der Waals surface area contributed by atoms with E-state index in [0.717, 1.165) is 61.2 Å². The minimum absolute atomic E-state index is 0. The Morgan fingerprint density at radius 1 is 0.304 bits per heavy atom. The van der Waals surface area contributed by atoms with E-state index in [4.69, 9.17) is 15.5 Å². The van der Waals surface area contributed by atoms with Crippen molar-refractivity contribution in [2.24, 2.45) is 47.3 Å². The fourth-order valence-electron chi connectivity index (χ4n) is 19.0. The van der Waals surface area contributed by atoms with E-state index in [1.165, 1.54) is 203 Å². The molecule has 8 saturated carbocycles. The zero-order chi connectivity index (χ0) is 64.3. The van der Waals surface area contributed by atoms with E-state index in [0.29, 0.717) is 11.8 Å². The van der Waals surface area contributed by atoms with E-state index in [1.807, 2.05) is 55.4 Å². The fourth-order valence-corrected chi connectivity index (χ4v) is 19.0. The van der Waals surface area contributed by atoms with Gasteiger partial charge in [0, 0.05) is 80.9 Å². The SMILES string of the molecule is CC.CC.CC.CC.[B]C.[B]C.[B][B]C.[B][B]C.[Y].[Y].[c-]1c(C2(c3[c-]c4c(cc3)Cc3ccccc3-4)C3CC4CC(C3)CC2C4)ccc2c1-c1ccccc1C2.[c-]1c(C2(c3[c-]c4c(cc3)Cc3ccccc3-4)C3CC4CC(C3)CC2C4)ccc2c1Cc1ccccc1-2. The molecule has 20 rings (SSSR count). The Hall–Kier alpha value is -3.64. The predicted molar refractivity (Wildman–Crippen MR) is 393 cm³/mol. The van der Waals surface area contributed by atoms with Crippen LogP contribution in [0.5, 0.6) is 0 Å². The van der Waals surface area contributed by atoms with Gasteiger partial charge < -0.3 is 0 Å². The molecule has 0 unspecified atom stereocenters. The summed E-state index contributed by atoms with van der Waals surface area (Å²) >= 11 is 0. The van der Waals surface area contributed by atoms with Gasteiger partial charge in [-0.3, -0.25) is 0 Å². The first-order valence-electron chi connectivity index (χ1n) is 35.1. The first kappa shape index (κ1) is 75.7. The van der Waals surface area contributed by atoms with Gasteiger partial charge in [0.2, 0.25) is 0 Å². The number of benzene rings is 8. The summed E-state index contributed by atoms with van der Waals surface area (Å²) in [5, 5.41) is 0. The van der Waals surface area contributed by atoms with E-state index >= 15 is 0 Å². The Morgan fingerprint density at radius 3 is 0.859 bits per heavy atom. The Labute approximate surface area is 616 Å². The van der Waals surface area contributed by atoms with Crippen LogP contribution in [0.15, 0.2) is 146 Å². The van der Waals surface area contributed by atoms with E-state index in [-0.39, 0.29) is 76.2 Å². The Kier molecular flexibility index (Phi) is 28.8. The normalized spacial score (nSPS) is 23.2. The van der Waals surface area contributed by atoms with Crippen molar-refractivity contribution in [3.8, 4) is 44.5 Å². The summed E-state index contributed by atoms with van der Waals surface area (Å²) in [5.41, 5.74) is 28.7. The van der Waals surface area contributed by atoms with Gasteiger partial charge in [0.15, 0.2) is 0 Å². The summed E-state index contributed by atoms with van der Waals surface area (Å²) in [6.45, 7) is 22.6. The molecule has 12 aliphatic carbocycles. The molecule has 460 valence electrons. The van der Waals surface area contributed by atoms with Crippen molar-refractivity contribution in [2.45, 2.75) is 183 Å². The van der Waals surface area contributed by atoms with Crippen LogP contribution in [0.3, 0.4) is 0 Å². The summed E-state index contributed by atoms with van der Waals surface area (Å²) < 4.78 is 0. The van der Waals surface area contributed by atoms with Gasteiger partial charge in [-0.1, -0.05) is 211 Å². The molecule has 8 bridgehead atoms. The van der Waals surface area contributed by atoms with Crippen LogP contribution in [0, 0.1) is 71.6 Å². The van der Waals surface area contributed by atoms with Crippen molar-refractivity contribution < 1.29 is 65.4 Å². The number of fused-ring (bicyclic) bond motifs is 12. The van der Waals surface area contributed by atoms with Crippen molar-refractivity contribution in [3.05, 3.63) is 237 Å². The standard InChI is InChI=1S/2C36H30.4C2H6.2CH3B2.2CH3B.2Y/c1-3-7-32-25(6-1)19-27-20-28(11-12-34(27)32)36(30-14-22-13-23(16-30)17-31(36)15-22)29-10-9-26-18-24-5-2-4-8-33(24)35(26)21-29;1-3-7-32-24(5-1)18-26-9-11-28(20-34(26)32)36(30-14-22-13-23(16-30)17-31(36)15-22)29-12-10-27-19-25-6-2-4-8-33(25)35(27)21-29;4*1-2;2*1-3-2;2*1-2;;/h2*1-12,22-23,30-31H,13-19H2;4*1-2H3;2*1H3;2*1H3;;/q2*-2;;;;;;;;;;. The third kappa shape index (κ3) is 14.0.